The second kappa shape index (κ2) is 4.36. The molecule has 2 aromatic rings. The molecule has 0 unspecified atom stereocenters. The zero-order chi connectivity index (χ0) is 14.6. The van der Waals surface area contributed by atoms with Gasteiger partial charge >= 0.3 is 0 Å². The maximum absolute atomic E-state index is 12.6. The van der Waals surface area contributed by atoms with Crippen LogP contribution in [0.3, 0.4) is 0 Å². The van der Waals surface area contributed by atoms with E-state index in [0.29, 0.717) is 22.1 Å². The van der Waals surface area contributed by atoms with Gasteiger partial charge in [-0.3, -0.25) is 9.59 Å². The Hall–Kier alpha value is -2.27. The molecule has 0 atom stereocenters. The summed E-state index contributed by atoms with van der Waals surface area (Å²) in [6.07, 6.45) is 2.10. The highest BCUT2D eigenvalue weighted by atomic mass is 32.1. The van der Waals surface area contributed by atoms with Crippen LogP contribution in [0.25, 0.3) is 5.76 Å². The lowest BCUT2D eigenvalue weighted by Gasteiger charge is -2.14. The van der Waals surface area contributed by atoms with Gasteiger partial charge in [0.15, 0.2) is 23.2 Å². The molecule has 1 aliphatic carbocycles. The molecule has 4 rings (SSSR count). The smallest absolute Gasteiger partial charge is 0.205 e. The first-order valence-electron chi connectivity index (χ1n) is 6.63. The molecule has 0 fully saturated rings. The highest BCUT2D eigenvalue weighted by Gasteiger charge is 2.29. The van der Waals surface area contributed by atoms with Crippen LogP contribution in [0.4, 0.5) is 0 Å². The molecule has 0 saturated carbocycles. The average Bonchev–Trinajstić information content (AvgIpc) is 3.06. The Kier molecular flexibility index (Phi) is 2.59. The first kappa shape index (κ1) is 12.5. The molecule has 0 saturated heterocycles. The van der Waals surface area contributed by atoms with E-state index in [4.69, 9.17) is 4.74 Å². The van der Waals surface area contributed by atoms with Crippen molar-refractivity contribution in [3.63, 3.8) is 0 Å². The van der Waals surface area contributed by atoms with Crippen LogP contribution in [-0.4, -0.2) is 23.2 Å². The second-order valence-corrected chi connectivity index (χ2v) is 6.22. The lowest BCUT2D eigenvalue weighted by atomic mass is 9.91. The summed E-state index contributed by atoms with van der Waals surface area (Å²) in [6.45, 7) is 2.04. The van der Waals surface area contributed by atoms with E-state index in [-0.39, 0.29) is 18.2 Å². The fraction of sp³-hybridized carbons (Fsp3) is 0.188. The van der Waals surface area contributed by atoms with E-state index < -0.39 is 0 Å². The number of ether oxygens (including phenoxy) is 1. The molecule has 104 valence electrons. The van der Waals surface area contributed by atoms with Crippen LogP contribution < -0.4 is 0 Å². The highest BCUT2D eigenvalue weighted by Crippen LogP contribution is 2.34. The number of aryl methyl sites for hydroxylation is 1. The molecule has 2 aliphatic rings. The van der Waals surface area contributed by atoms with Gasteiger partial charge in [0.05, 0.1) is 10.6 Å². The number of carbonyl (C=O) groups excluding carboxylic acids is 2. The minimum Gasteiger partial charge on any atom is -0.482 e. The third-order valence-corrected chi connectivity index (χ3v) is 4.76. The molecular formula is C16H11NO3S. The predicted octanol–water partition coefficient (Wildman–Crippen LogP) is 2.53. The van der Waals surface area contributed by atoms with Crippen molar-refractivity contribution in [1.29, 1.82) is 0 Å². The van der Waals surface area contributed by atoms with Gasteiger partial charge < -0.3 is 4.74 Å². The molecule has 21 heavy (non-hydrogen) atoms. The van der Waals surface area contributed by atoms with E-state index >= 15 is 0 Å². The standard InChI is InChI=1S/C16H11NO3S/c1-8-2-3-9-5-12-15(14(19)11(9)4-8)21-16(17-12)13-6-10(18)7-20-13/h2-4,6H,5,7H2,1H3. The Labute approximate surface area is 125 Å². The van der Waals surface area contributed by atoms with Crippen LogP contribution in [0.5, 0.6) is 0 Å². The first-order chi connectivity index (χ1) is 10.1. The summed E-state index contributed by atoms with van der Waals surface area (Å²) < 4.78 is 5.31. The summed E-state index contributed by atoms with van der Waals surface area (Å²) in [5, 5.41) is 0.615. The topological polar surface area (TPSA) is 56.3 Å². The molecule has 1 aliphatic heterocycles. The molecule has 4 nitrogen and oxygen atoms in total. The number of aromatic nitrogens is 1. The molecule has 0 bridgehead atoms. The monoisotopic (exact) mass is 297 g/mol. The number of carbonyl (C=O) groups is 2. The number of rotatable bonds is 1. The predicted molar refractivity (Wildman–Crippen MR) is 78.5 cm³/mol. The summed E-state index contributed by atoms with van der Waals surface area (Å²) in [5.41, 5.74) is 3.62. The van der Waals surface area contributed by atoms with Crippen LogP contribution in [0.1, 0.15) is 37.1 Å². The number of hydrogen-bond acceptors (Lipinski definition) is 5. The molecule has 1 aromatic heterocycles. The molecule has 0 amide bonds. The number of thiazole rings is 1. The van der Waals surface area contributed by atoms with Gasteiger partial charge in [-0.2, -0.15) is 0 Å². The van der Waals surface area contributed by atoms with Crippen molar-refractivity contribution in [2.24, 2.45) is 0 Å². The van der Waals surface area contributed by atoms with E-state index in [1.54, 1.807) is 0 Å². The lowest BCUT2D eigenvalue weighted by Crippen LogP contribution is -2.13. The summed E-state index contributed by atoms with van der Waals surface area (Å²) in [5.74, 6) is 0.430. The minimum absolute atomic E-state index is 0.0172. The van der Waals surface area contributed by atoms with Crippen LogP contribution in [0, 0.1) is 6.92 Å². The summed E-state index contributed by atoms with van der Waals surface area (Å²) in [4.78, 5) is 29.0. The Balaban J connectivity index is 1.80. The van der Waals surface area contributed by atoms with E-state index in [2.05, 4.69) is 4.98 Å². The fourth-order valence-electron chi connectivity index (χ4n) is 2.61. The van der Waals surface area contributed by atoms with Crippen molar-refractivity contribution in [1.82, 2.24) is 4.98 Å². The molecule has 1 aromatic carbocycles. The molecule has 2 heterocycles. The Morgan fingerprint density at radius 3 is 2.90 bits per heavy atom. The lowest BCUT2D eigenvalue weighted by molar-refractivity contribution is -0.115. The summed E-state index contributed by atoms with van der Waals surface area (Å²) >= 11 is 1.31. The quantitative estimate of drug-likeness (QED) is 0.692. The van der Waals surface area contributed by atoms with Gasteiger partial charge in [-0.15, -0.1) is 11.3 Å². The normalized spacial score (nSPS) is 16.3. The third-order valence-electron chi connectivity index (χ3n) is 3.64. The SMILES string of the molecule is Cc1ccc2c(c1)C(=O)c1sc(C3=CC(=O)CO3)nc1C2. The Bertz CT molecular complexity index is 832. The van der Waals surface area contributed by atoms with Gasteiger partial charge in [0, 0.05) is 18.1 Å². The number of ketones is 2. The number of nitrogens with zero attached hydrogens (tertiary/aromatic N) is 1. The zero-order valence-electron chi connectivity index (χ0n) is 11.3. The van der Waals surface area contributed by atoms with E-state index in [9.17, 15) is 9.59 Å². The maximum Gasteiger partial charge on any atom is 0.205 e. The largest absolute Gasteiger partial charge is 0.482 e. The summed E-state index contributed by atoms with van der Waals surface area (Å²) in [6, 6.07) is 5.92. The van der Waals surface area contributed by atoms with Crippen LogP contribution in [-0.2, 0) is 16.0 Å². The van der Waals surface area contributed by atoms with Gasteiger partial charge in [-0.05, 0) is 18.6 Å². The Morgan fingerprint density at radius 2 is 2.14 bits per heavy atom. The average molecular weight is 297 g/mol. The van der Waals surface area contributed by atoms with Gasteiger partial charge in [-0.1, -0.05) is 17.7 Å². The second-order valence-electron chi connectivity index (χ2n) is 5.22. The zero-order valence-corrected chi connectivity index (χ0v) is 12.1. The third kappa shape index (κ3) is 1.93. The van der Waals surface area contributed by atoms with E-state index in [0.717, 1.165) is 22.4 Å². The van der Waals surface area contributed by atoms with Crippen molar-refractivity contribution < 1.29 is 14.3 Å². The van der Waals surface area contributed by atoms with Crippen LogP contribution >= 0.6 is 11.3 Å². The molecule has 0 spiro atoms. The molecule has 0 N–H and O–H groups in total. The van der Waals surface area contributed by atoms with Gasteiger partial charge in [0.1, 0.15) is 0 Å². The van der Waals surface area contributed by atoms with E-state index in [1.807, 2.05) is 25.1 Å². The number of hydrogen-bond donors (Lipinski definition) is 0. The minimum atomic E-state index is -0.0663. The first-order valence-corrected chi connectivity index (χ1v) is 7.45. The van der Waals surface area contributed by atoms with Gasteiger partial charge in [0.25, 0.3) is 0 Å². The fourth-order valence-corrected chi connectivity index (χ4v) is 3.62. The molecule has 5 heteroatoms. The van der Waals surface area contributed by atoms with Crippen molar-refractivity contribution in [2.45, 2.75) is 13.3 Å². The number of fused-ring (bicyclic) bond motifs is 2. The van der Waals surface area contributed by atoms with E-state index in [1.165, 1.54) is 17.4 Å². The van der Waals surface area contributed by atoms with Gasteiger partial charge in [-0.25, -0.2) is 4.98 Å². The van der Waals surface area contributed by atoms with Crippen LogP contribution in [0.2, 0.25) is 0 Å². The summed E-state index contributed by atoms with van der Waals surface area (Å²) in [7, 11) is 0. The molecule has 0 radical (unpaired) electrons. The van der Waals surface area contributed by atoms with Crippen molar-refractivity contribution >= 4 is 28.7 Å². The molecular weight excluding hydrogens is 286 g/mol. The maximum atomic E-state index is 12.6. The van der Waals surface area contributed by atoms with Crippen molar-refractivity contribution in [3.05, 3.63) is 56.5 Å². The van der Waals surface area contributed by atoms with Gasteiger partial charge in [0.2, 0.25) is 5.78 Å². The highest BCUT2D eigenvalue weighted by molar-refractivity contribution is 7.15. The van der Waals surface area contributed by atoms with Crippen LogP contribution in [0.15, 0.2) is 24.3 Å². The number of benzene rings is 1. The van der Waals surface area contributed by atoms with Crippen molar-refractivity contribution in [3.8, 4) is 0 Å². The Morgan fingerprint density at radius 1 is 1.29 bits per heavy atom. The van der Waals surface area contributed by atoms with Crippen molar-refractivity contribution in [2.75, 3.05) is 6.61 Å².